The summed E-state index contributed by atoms with van der Waals surface area (Å²) >= 11 is 1.65. The highest BCUT2D eigenvalue weighted by Gasteiger charge is 2.26. The lowest BCUT2D eigenvalue weighted by Gasteiger charge is -2.31. The molecule has 0 spiro atoms. The van der Waals surface area contributed by atoms with Crippen molar-refractivity contribution in [2.45, 2.75) is 18.8 Å². The largest absolute Gasteiger partial charge is 0.362 e. The highest BCUT2D eigenvalue weighted by Crippen LogP contribution is 2.32. The molecule has 9 heteroatoms. The van der Waals surface area contributed by atoms with E-state index in [0.29, 0.717) is 0 Å². The van der Waals surface area contributed by atoms with Crippen molar-refractivity contribution in [2.24, 2.45) is 10.8 Å². The second-order valence-corrected chi connectivity index (χ2v) is 10.3. The third-order valence-electron chi connectivity index (χ3n) is 6.66. The summed E-state index contributed by atoms with van der Waals surface area (Å²) in [6.07, 6.45) is 1.65. The van der Waals surface area contributed by atoms with Gasteiger partial charge in [0, 0.05) is 17.5 Å². The number of benzene rings is 3. The summed E-state index contributed by atoms with van der Waals surface area (Å²) in [6.45, 7) is 6.19. The molecule has 0 radical (unpaired) electrons. The molecule has 190 valence electrons. The number of thiazole rings is 1. The number of hydrogen-bond acceptors (Lipinski definition) is 8. The van der Waals surface area contributed by atoms with Gasteiger partial charge in [-0.15, -0.1) is 11.3 Å². The van der Waals surface area contributed by atoms with Crippen LogP contribution < -0.4 is 27.4 Å². The van der Waals surface area contributed by atoms with Crippen LogP contribution in [0.2, 0.25) is 0 Å². The van der Waals surface area contributed by atoms with Crippen LogP contribution in [0.3, 0.4) is 0 Å². The van der Waals surface area contributed by atoms with Crippen molar-refractivity contribution < 1.29 is 0 Å². The summed E-state index contributed by atoms with van der Waals surface area (Å²) in [4.78, 5) is 12.8. The Labute approximate surface area is 224 Å². The normalized spacial score (nSPS) is 16.6. The first-order chi connectivity index (χ1) is 18.5. The molecule has 1 aliphatic rings. The fourth-order valence-corrected chi connectivity index (χ4v) is 5.49. The number of hydrazine groups is 2. The first kappa shape index (κ1) is 24.1. The molecular weight excluding hydrogens is 492 g/mol. The van der Waals surface area contributed by atoms with Gasteiger partial charge in [0.25, 0.3) is 0 Å². The highest BCUT2D eigenvalue weighted by molar-refractivity contribution is 7.18. The van der Waals surface area contributed by atoms with Gasteiger partial charge in [0.15, 0.2) is 6.17 Å². The number of fused-ring (bicyclic) bond motifs is 1. The Hall–Kier alpha value is -4.28. The molecule has 7 N–H and O–H groups in total. The van der Waals surface area contributed by atoms with Crippen LogP contribution in [-0.4, -0.2) is 15.8 Å². The molecule has 2 atom stereocenters. The molecule has 2 unspecified atom stereocenters. The van der Waals surface area contributed by atoms with E-state index in [-0.39, 0.29) is 6.17 Å². The number of nitrogens with zero attached hydrogens (tertiary/aromatic N) is 2. The maximum atomic E-state index is 5.85. The molecule has 0 amide bonds. The van der Waals surface area contributed by atoms with Crippen molar-refractivity contribution in [2.75, 3.05) is 0 Å². The molecule has 3 heterocycles. The molecular formula is C29H28N8S. The number of aromatic nitrogens is 2. The maximum absolute atomic E-state index is 5.85. The van der Waals surface area contributed by atoms with Crippen LogP contribution in [0.5, 0.6) is 0 Å². The molecule has 0 bridgehead atoms. The molecule has 0 fully saturated rings. The lowest BCUT2D eigenvalue weighted by atomic mass is 10.0. The third-order valence-corrected chi connectivity index (χ3v) is 7.74. The quantitative estimate of drug-likeness (QED) is 0.100. The van der Waals surface area contributed by atoms with Crippen LogP contribution in [0.1, 0.15) is 34.9 Å². The average molecular weight is 521 g/mol. The monoisotopic (exact) mass is 520 g/mol. The van der Waals surface area contributed by atoms with E-state index in [0.717, 1.165) is 54.7 Å². The summed E-state index contributed by atoms with van der Waals surface area (Å²) in [5.74, 6) is 6.67. The van der Waals surface area contributed by atoms with Gasteiger partial charge in [-0.2, -0.15) is 0 Å². The van der Waals surface area contributed by atoms with Crippen molar-refractivity contribution in [3.05, 3.63) is 120 Å². The summed E-state index contributed by atoms with van der Waals surface area (Å²) in [7, 11) is 0. The minimum absolute atomic E-state index is 0.219. The Balaban J connectivity index is 1.19. The average Bonchev–Trinajstić information content (AvgIpc) is 3.74. The van der Waals surface area contributed by atoms with Crippen molar-refractivity contribution in [1.82, 2.24) is 31.6 Å². The zero-order valence-corrected chi connectivity index (χ0v) is 21.6. The van der Waals surface area contributed by atoms with Gasteiger partial charge in [-0.25, -0.2) is 20.8 Å². The molecule has 6 rings (SSSR count). The second kappa shape index (κ2) is 9.88. The van der Waals surface area contributed by atoms with Crippen LogP contribution in [0.25, 0.3) is 27.0 Å². The predicted octanol–water partition coefficient (Wildman–Crippen LogP) is 4.74. The summed E-state index contributed by atoms with van der Waals surface area (Å²) in [6, 6.07) is 28.7. The fraction of sp³-hybridized carbons (Fsp3) is 0.103. The molecule has 0 aliphatic carbocycles. The first-order valence-corrected chi connectivity index (χ1v) is 13.1. The van der Waals surface area contributed by atoms with Crippen molar-refractivity contribution in [3.63, 3.8) is 0 Å². The molecule has 5 aromatic rings. The Bertz CT molecular complexity index is 1610. The van der Waals surface area contributed by atoms with Crippen LogP contribution in [0.4, 0.5) is 0 Å². The molecule has 38 heavy (non-hydrogen) atoms. The van der Waals surface area contributed by atoms with Crippen molar-refractivity contribution >= 4 is 33.1 Å². The van der Waals surface area contributed by atoms with E-state index in [1.54, 1.807) is 11.3 Å². The van der Waals surface area contributed by atoms with E-state index >= 15 is 0 Å². The van der Waals surface area contributed by atoms with Gasteiger partial charge in [0.1, 0.15) is 16.5 Å². The Morgan fingerprint density at radius 1 is 0.974 bits per heavy atom. The van der Waals surface area contributed by atoms with E-state index in [9.17, 15) is 0 Å². The molecule has 0 saturated carbocycles. The van der Waals surface area contributed by atoms with E-state index in [4.69, 9.17) is 15.8 Å². The predicted molar refractivity (Wildman–Crippen MR) is 155 cm³/mol. The number of aliphatic imine (C=N–C) groups is 1. The third kappa shape index (κ3) is 4.59. The number of amidine groups is 1. The second-order valence-electron chi connectivity index (χ2n) is 9.28. The molecule has 2 aromatic heterocycles. The topological polar surface area (TPSA) is 115 Å². The zero-order valence-electron chi connectivity index (χ0n) is 20.8. The Kier molecular flexibility index (Phi) is 6.26. The molecule has 3 aromatic carbocycles. The van der Waals surface area contributed by atoms with Gasteiger partial charge in [-0.3, -0.25) is 5.84 Å². The minimum Gasteiger partial charge on any atom is -0.362 e. The number of hydrogen-bond donors (Lipinski definition) is 6. The number of aromatic amines is 1. The Morgan fingerprint density at radius 3 is 2.50 bits per heavy atom. The summed E-state index contributed by atoms with van der Waals surface area (Å²) < 4.78 is 1.12. The Morgan fingerprint density at radius 2 is 1.76 bits per heavy atom. The van der Waals surface area contributed by atoms with Gasteiger partial charge in [0.2, 0.25) is 0 Å². The number of nitrogens with two attached hydrogens (primary N) is 1. The SMILES string of the molecule is C=C(NC(C)(NN)c1ccc[nH]1)c1ccc(-c2ccc3nc(C4N=C(c5ccccc5)NN4)sc3c2)cc1. The van der Waals surface area contributed by atoms with Crippen LogP contribution >= 0.6 is 11.3 Å². The summed E-state index contributed by atoms with van der Waals surface area (Å²) in [5.41, 5.74) is 15.5. The van der Waals surface area contributed by atoms with Crippen LogP contribution in [0, 0.1) is 0 Å². The molecule has 0 saturated heterocycles. The maximum Gasteiger partial charge on any atom is 0.170 e. The van der Waals surface area contributed by atoms with Crippen LogP contribution in [0.15, 0.2) is 103 Å². The first-order valence-electron chi connectivity index (χ1n) is 12.3. The van der Waals surface area contributed by atoms with Gasteiger partial charge in [0.05, 0.1) is 15.9 Å². The molecule has 8 nitrogen and oxygen atoms in total. The van der Waals surface area contributed by atoms with E-state index in [1.807, 2.05) is 55.6 Å². The van der Waals surface area contributed by atoms with E-state index in [2.05, 4.69) is 75.6 Å². The van der Waals surface area contributed by atoms with E-state index in [1.165, 1.54) is 0 Å². The standard InChI is InChI=1S/C29H28N8S/c1-18(34-29(2,37-30)25-9-6-16-31-25)19-10-12-20(13-11-19)22-14-15-23-24(17-22)38-28(32-23)27-33-26(35-36-27)21-7-4-3-5-8-21/h3-17,27,31,34,36-37H,1,30H2,2H3,(H,33,35). The van der Waals surface area contributed by atoms with E-state index < -0.39 is 5.66 Å². The fourth-order valence-electron chi connectivity index (χ4n) is 4.49. The van der Waals surface area contributed by atoms with Gasteiger partial charge >= 0.3 is 0 Å². The van der Waals surface area contributed by atoms with Gasteiger partial charge in [-0.05, 0) is 47.9 Å². The highest BCUT2D eigenvalue weighted by atomic mass is 32.1. The smallest absolute Gasteiger partial charge is 0.170 e. The number of H-pyrrole nitrogens is 1. The molecule has 1 aliphatic heterocycles. The minimum atomic E-state index is -0.677. The van der Waals surface area contributed by atoms with Gasteiger partial charge in [-0.1, -0.05) is 67.2 Å². The number of rotatable bonds is 8. The zero-order chi connectivity index (χ0) is 26.1. The van der Waals surface area contributed by atoms with Crippen molar-refractivity contribution in [3.8, 4) is 11.1 Å². The number of nitrogens with one attached hydrogen (secondary N) is 5. The van der Waals surface area contributed by atoms with Crippen LogP contribution in [-0.2, 0) is 5.66 Å². The summed E-state index contributed by atoms with van der Waals surface area (Å²) in [5, 5.41) is 4.32. The van der Waals surface area contributed by atoms with Crippen molar-refractivity contribution in [1.29, 1.82) is 0 Å². The lowest BCUT2D eigenvalue weighted by Crippen LogP contribution is -2.54. The van der Waals surface area contributed by atoms with Gasteiger partial charge < -0.3 is 15.7 Å². The lowest BCUT2D eigenvalue weighted by molar-refractivity contribution is 0.329.